The Bertz CT molecular complexity index is 846. The van der Waals surface area contributed by atoms with E-state index in [0.717, 1.165) is 10.0 Å². The number of benzene rings is 2. The predicted octanol–water partition coefficient (Wildman–Crippen LogP) is 5.13. The van der Waals surface area contributed by atoms with Crippen LogP contribution in [0, 0.1) is 0 Å². The molecule has 2 aromatic carbocycles. The van der Waals surface area contributed by atoms with Crippen LogP contribution in [0.2, 0.25) is 0 Å². The second-order valence-electron chi connectivity index (χ2n) is 7.62. The van der Waals surface area contributed by atoms with Crippen LogP contribution in [0.4, 0.5) is 0 Å². The number of carbonyl (C=O) groups excluding carboxylic acids is 1. The molecule has 3 unspecified atom stereocenters. The van der Waals surface area contributed by atoms with Crippen LogP contribution in [0.5, 0.6) is 0 Å². The molecular formula is C22H26BrNO3S. The van der Waals surface area contributed by atoms with Gasteiger partial charge in [-0.1, -0.05) is 52.8 Å². The highest BCUT2D eigenvalue weighted by atomic mass is 79.9. The fourth-order valence-electron chi connectivity index (χ4n) is 2.58. The summed E-state index contributed by atoms with van der Waals surface area (Å²) >= 11 is 3.43. The van der Waals surface area contributed by atoms with Crippen LogP contribution in [0.25, 0.3) is 0 Å². The van der Waals surface area contributed by atoms with Crippen molar-refractivity contribution in [3.8, 4) is 0 Å². The highest BCUT2D eigenvalue weighted by Crippen LogP contribution is 2.31. The largest absolute Gasteiger partial charge is 0.452 e. The lowest BCUT2D eigenvalue weighted by atomic mass is 9.87. The number of ether oxygens (including phenoxy) is 1. The molecule has 28 heavy (non-hydrogen) atoms. The molecule has 0 aliphatic rings. The SMILES string of the molecule is C=CC(OC(=O)c1ccccc1)C(C)(NS(=O)C(C)(C)C)c1ccc(Br)cc1. The van der Waals surface area contributed by atoms with Gasteiger partial charge >= 0.3 is 5.97 Å². The first-order valence-electron chi connectivity index (χ1n) is 8.92. The highest BCUT2D eigenvalue weighted by molar-refractivity contribution is 9.10. The van der Waals surface area contributed by atoms with Crippen molar-refractivity contribution in [1.29, 1.82) is 0 Å². The zero-order chi connectivity index (χ0) is 20.9. The number of hydrogen-bond acceptors (Lipinski definition) is 3. The molecule has 1 N–H and O–H groups in total. The molecular weight excluding hydrogens is 438 g/mol. The molecule has 6 heteroatoms. The molecule has 0 fully saturated rings. The zero-order valence-electron chi connectivity index (χ0n) is 16.6. The second kappa shape index (κ2) is 9.16. The summed E-state index contributed by atoms with van der Waals surface area (Å²) in [6, 6.07) is 16.4. The number of carbonyl (C=O) groups is 1. The van der Waals surface area contributed by atoms with Crippen molar-refractivity contribution in [2.45, 2.75) is 44.1 Å². The average molecular weight is 464 g/mol. The third-order valence-corrected chi connectivity index (χ3v) is 6.58. The third-order valence-electron chi connectivity index (χ3n) is 4.33. The first-order chi connectivity index (χ1) is 13.1. The summed E-state index contributed by atoms with van der Waals surface area (Å²) in [6.07, 6.45) is 0.822. The summed E-state index contributed by atoms with van der Waals surface area (Å²) in [4.78, 5) is 12.6. The van der Waals surface area contributed by atoms with Crippen molar-refractivity contribution in [3.63, 3.8) is 0 Å². The predicted molar refractivity (Wildman–Crippen MR) is 118 cm³/mol. The Morgan fingerprint density at radius 2 is 1.68 bits per heavy atom. The van der Waals surface area contributed by atoms with Gasteiger partial charge in [0.2, 0.25) is 0 Å². The average Bonchev–Trinajstić information content (AvgIpc) is 2.66. The van der Waals surface area contributed by atoms with E-state index in [1.807, 2.05) is 58.0 Å². The Kier molecular flexibility index (Phi) is 7.37. The van der Waals surface area contributed by atoms with E-state index in [1.54, 1.807) is 30.3 Å². The molecule has 150 valence electrons. The number of nitrogens with one attached hydrogen (secondary N) is 1. The molecule has 0 heterocycles. The fourth-order valence-corrected chi connectivity index (χ4v) is 3.77. The van der Waals surface area contributed by atoms with Crippen molar-refractivity contribution in [3.05, 3.63) is 82.9 Å². The summed E-state index contributed by atoms with van der Waals surface area (Å²) < 4.78 is 22.3. The molecule has 0 aliphatic heterocycles. The maximum Gasteiger partial charge on any atom is 0.338 e. The first kappa shape index (κ1) is 22.5. The Morgan fingerprint density at radius 1 is 1.11 bits per heavy atom. The summed E-state index contributed by atoms with van der Waals surface area (Å²) in [7, 11) is -1.39. The molecule has 0 saturated heterocycles. The molecule has 2 aromatic rings. The lowest BCUT2D eigenvalue weighted by molar-refractivity contribution is 0.0213. The Balaban J connectivity index is 2.42. The topological polar surface area (TPSA) is 55.4 Å². The van der Waals surface area contributed by atoms with Crippen LogP contribution >= 0.6 is 15.9 Å². The van der Waals surface area contributed by atoms with E-state index in [9.17, 15) is 9.00 Å². The molecule has 0 aromatic heterocycles. The van der Waals surface area contributed by atoms with Gasteiger partial charge in [0, 0.05) is 4.47 Å². The van der Waals surface area contributed by atoms with Crippen LogP contribution in [-0.2, 0) is 21.3 Å². The molecule has 0 saturated carbocycles. The summed E-state index contributed by atoms with van der Waals surface area (Å²) in [5.74, 6) is -0.461. The van der Waals surface area contributed by atoms with Crippen molar-refractivity contribution in [2.75, 3.05) is 0 Å². The number of esters is 1. The first-order valence-corrected chi connectivity index (χ1v) is 10.9. The minimum Gasteiger partial charge on any atom is -0.452 e. The van der Waals surface area contributed by atoms with Gasteiger partial charge in [-0.05, 0) is 63.6 Å². The standard InChI is InChI=1S/C22H26BrNO3S/c1-6-19(27-20(25)16-10-8-7-9-11-16)22(5,24-28(26)21(2,3)4)17-12-14-18(23)15-13-17/h6-15,19,24H,1H2,2-5H3. The lowest BCUT2D eigenvalue weighted by Gasteiger charge is -2.38. The second-order valence-corrected chi connectivity index (χ2v) is 10.5. The van der Waals surface area contributed by atoms with Crippen LogP contribution in [0.15, 0.2) is 71.7 Å². The molecule has 3 atom stereocenters. The fraction of sp³-hybridized carbons (Fsp3) is 0.318. The van der Waals surface area contributed by atoms with E-state index >= 15 is 0 Å². The van der Waals surface area contributed by atoms with E-state index in [2.05, 4.69) is 27.2 Å². The van der Waals surface area contributed by atoms with Gasteiger partial charge < -0.3 is 4.74 Å². The van der Waals surface area contributed by atoms with Crippen LogP contribution in [0.1, 0.15) is 43.6 Å². The molecule has 0 radical (unpaired) electrons. The number of hydrogen-bond donors (Lipinski definition) is 1. The maximum atomic E-state index is 12.9. The molecule has 0 bridgehead atoms. The maximum absolute atomic E-state index is 12.9. The van der Waals surface area contributed by atoms with Gasteiger partial charge in [0.15, 0.2) is 0 Å². The van der Waals surface area contributed by atoms with Gasteiger partial charge in [0.05, 0.1) is 26.8 Å². The number of rotatable bonds is 7. The van der Waals surface area contributed by atoms with E-state index in [1.165, 1.54) is 0 Å². The van der Waals surface area contributed by atoms with Gasteiger partial charge in [0.25, 0.3) is 0 Å². The zero-order valence-corrected chi connectivity index (χ0v) is 19.0. The Hall–Kier alpha value is -1.76. The van der Waals surface area contributed by atoms with E-state index < -0.39 is 33.3 Å². The normalized spacial score (nSPS) is 15.9. The smallest absolute Gasteiger partial charge is 0.338 e. The van der Waals surface area contributed by atoms with Crippen molar-refractivity contribution < 1.29 is 13.7 Å². The minimum absolute atomic E-state index is 0.449. The minimum atomic E-state index is -1.39. The van der Waals surface area contributed by atoms with Gasteiger partial charge in [-0.15, -0.1) is 0 Å². The van der Waals surface area contributed by atoms with E-state index in [-0.39, 0.29) is 0 Å². The van der Waals surface area contributed by atoms with Gasteiger partial charge in [-0.2, -0.15) is 0 Å². The molecule has 0 amide bonds. The molecule has 0 aliphatic carbocycles. The van der Waals surface area contributed by atoms with Gasteiger partial charge in [-0.3, -0.25) is 0 Å². The Morgan fingerprint density at radius 3 is 2.18 bits per heavy atom. The third kappa shape index (κ3) is 5.40. The van der Waals surface area contributed by atoms with Crippen LogP contribution in [0.3, 0.4) is 0 Å². The molecule has 2 rings (SSSR count). The van der Waals surface area contributed by atoms with Crippen LogP contribution in [-0.4, -0.2) is 21.0 Å². The van der Waals surface area contributed by atoms with Crippen molar-refractivity contribution >= 4 is 32.9 Å². The quantitative estimate of drug-likeness (QED) is 0.457. The summed E-state index contributed by atoms with van der Waals surface area (Å²) in [5.41, 5.74) is 0.342. The van der Waals surface area contributed by atoms with Crippen molar-refractivity contribution in [1.82, 2.24) is 4.72 Å². The summed E-state index contributed by atoms with van der Waals surface area (Å²) in [5, 5.41) is 0. The van der Waals surface area contributed by atoms with Gasteiger partial charge in [0.1, 0.15) is 6.10 Å². The van der Waals surface area contributed by atoms with E-state index in [4.69, 9.17) is 4.74 Å². The van der Waals surface area contributed by atoms with Crippen molar-refractivity contribution in [2.24, 2.45) is 0 Å². The Labute approximate surface area is 178 Å². The lowest BCUT2D eigenvalue weighted by Crippen LogP contribution is -2.53. The van der Waals surface area contributed by atoms with Crippen LogP contribution < -0.4 is 4.72 Å². The monoisotopic (exact) mass is 463 g/mol. The molecule has 0 spiro atoms. The number of halogens is 1. The highest BCUT2D eigenvalue weighted by Gasteiger charge is 2.40. The molecule has 4 nitrogen and oxygen atoms in total. The summed E-state index contributed by atoms with van der Waals surface area (Å²) in [6.45, 7) is 11.4. The van der Waals surface area contributed by atoms with Gasteiger partial charge in [-0.25, -0.2) is 13.7 Å². The van der Waals surface area contributed by atoms with E-state index in [0.29, 0.717) is 5.56 Å².